The van der Waals surface area contributed by atoms with Crippen molar-refractivity contribution in [1.29, 1.82) is 0 Å². The van der Waals surface area contributed by atoms with Crippen molar-refractivity contribution in [3.8, 4) is 0 Å². The van der Waals surface area contributed by atoms with E-state index in [4.69, 9.17) is 4.42 Å². The molecule has 25 heavy (non-hydrogen) atoms. The first kappa shape index (κ1) is 17.6. The molecule has 136 valence electrons. The van der Waals surface area contributed by atoms with E-state index in [1.54, 1.807) is 11.8 Å². The number of likely N-dealkylation sites (N-methyl/N-ethyl adjacent to an activating group) is 1. The third kappa shape index (κ3) is 3.45. The Labute approximate surface area is 147 Å². The number of carbonyl (C=O) groups excluding carboxylic acids is 1. The quantitative estimate of drug-likeness (QED) is 0.858. The lowest BCUT2D eigenvalue weighted by molar-refractivity contribution is 0.0739. The number of aryl methyl sites for hydroxylation is 2. The second kappa shape index (κ2) is 6.97. The molecule has 8 nitrogen and oxygen atoms in total. The molecule has 1 amide bonds. The molecular weight excluding hydrogens is 322 g/mol. The Kier molecular flexibility index (Phi) is 4.91. The summed E-state index contributed by atoms with van der Waals surface area (Å²) >= 11 is 0. The van der Waals surface area contributed by atoms with Gasteiger partial charge in [0, 0.05) is 32.8 Å². The molecule has 3 heterocycles. The Hall–Kier alpha value is -2.19. The van der Waals surface area contributed by atoms with Gasteiger partial charge in [0.15, 0.2) is 0 Å². The average Bonchev–Trinajstić information content (AvgIpc) is 3.26. The van der Waals surface area contributed by atoms with Crippen molar-refractivity contribution in [3.63, 3.8) is 0 Å². The second-order valence-corrected chi connectivity index (χ2v) is 6.54. The molecule has 3 rings (SSSR count). The second-order valence-electron chi connectivity index (χ2n) is 6.54. The summed E-state index contributed by atoms with van der Waals surface area (Å²) in [6.07, 6.45) is -0.603. The monoisotopic (exact) mass is 347 g/mol. The summed E-state index contributed by atoms with van der Waals surface area (Å²) in [6, 6.07) is 3.60. The van der Waals surface area contributed by atoms with Gasteiger partial charge in [0.05, 0.1) is 18.7 Å². The summed E-state index contributed by atoms with van der Waals surface area (Å²) in [7, 11) is 1.88. The van der Waals surface area contributed by atoms with E-state index in [2.05, 4.69) is 15.1 Å². The molecule has 1 aliphatic heterocycles. The van der Waals surface area contributed by atoms with Crippen molar-refractivity contribution >= 4 is 5.91 Å². The lowest BCUT2D eigenvalue weighted by atomic mass is 10.2. The third-order valence-electron chi connectivity index (χ3n) is 4.92. The van der Waals surface area contributed by atoms with Gasteiger partial charge in [-0.25, -0.2) is 0 Å². The molecule has 0 aliphatic carbocycles. The minimum absolute atomic E-state index is 0.0539. The molecule has 1 N–H and O–H groups in total. The molecule has 8 heteroatoms. The first-order chi connectivity index (χ1) is 11.9. The van der Waals surface area contributed by atoms with Crippen molar-refractivity contribution in [2.75, 3.05) is 19.6 Å². The van der Waals surface area contributed by atoms with Gasteiger partial charge in [0.2, 0.25) is 11.8 Å². The number of hydrogen-bond donors (Lipinski definition) is 1. The highest BCUT2D eigenvalue weighted by Crippen LogP contribution is 2.21. The standard InChI is InChI=1S/C17H25N5O3/c1-5-21(10-16-19-18-12(3)25-16)14-8-22(9-15(14)23)17(24)13-7-6-11(2)20(13)4/h6-7,14-15,23H,5,8-10H2,1-4H3/t14?,15-/m1/s1. The molecule has 0 bridgehead atoms. The van der Waals surface area contributed by atoms with Crippen molar-refractivity contribution < 1.29 is 14.3 Å². The van der Waals surface area contributed by atoms with Gasteiger partial charge in [-0.2, -0.15) is 0 Å². The number of aromatic nitrogens is 3. The minimum Gasteiger partial charge on any atom is -0.424 e. The summed E-state index contributed by atoms with van der Waals surface area (Å²) in [5, 5.41) is 18.4. The van der Waals surface area contributed by atoms with Gasteiger partial charge in [-0.3, -0.25) is 9.69 Å². The average molecular weight is 347 g/mol. The van der Waals surface area contributed by atoms with Crippen LogP contribution in [0.4, 0.5) is 0 Å². The maximum absolute atomic E-state index is 12.8. The third-order valence-corrected chi connectivity index (χ3v) is 4.92. The predicted octanol–water partition coefficient (Wildman–Crippen LogP) is 0.732. The van der Waals surface area contributed by atoms with Crippen LogP contribution in [0, 0.1) is 13.8 Å². The highest BCUT2D eigenvalue weighted by atomic mass is 16.4. The predicted molar refractivity (Wildman–Crippen MR) is 91.0 cm³/mol. The van der Waals surface area contributed by atoms with E-state index < -0.39 is 6.10 Å². The number of carbonyl (C=O) groups is 1. The molecule has 0 radical (unpaired) electrons. The molecule has 1 unspecified atom stereocenters. The van der Waals surface area contributed by atoms with Gasteiger partial charge >= 0.3 is 0 Å². The topological polar surface area (TPSA) is 87.6 Å². The van der Waals surface area contributed by atoms with E-state index in [1.807, 2.05) is 37.6 Å². The smallest absolute Gasteiger partial charge is 0.270 e. The van der Waals surface area contributed by atoms with E-state index >= 15 is 0 Å². The van der Waals surface area contributed by atoms with E-state index in [0.29, 0.717) is 43.7 Å². The van der Waals surface area contributed by atoms with Crippen LogP contribution in [0.15, 0.2) is 16.5 Å². The maximum atomic E-state index is 12.8. The molecule has 2 aromatic rings. The molecule has 0 aromatic carbocycles. The minimum atomic E-state index is -0.603. The molecule has 0 spiro atoms. The van der Waals surface area contributed by atoms with Crippen molar-refractivity contribution in [1.82, 2.24) is 24.6 Å². The van der Waals surface area contributed by atoms with E-state index in [1.165, 1.54) is 0 Å². The SMILES string of the molecule is CCN(Cc1nnc(C)o1)C1CN(C(=O)c2ccc(C)n2C)C[C@H]1O. The van der Waals surface area contributed by atoms with Crippen LogP contribution in [0.5, 0.6) is 0 Å². The van der Waals surface area contributed by atoms with Gasteiger partial charge in [-0.1, -0.05) is 6.92 Å². The first-order valence-corrected chi connectivity index (χ1v) is 8.53. The fourth-order valence-corrected chi connectivity index (χ4v) is 3.32. The molecule has 1 aliphatic rings. The summed E-state index contributed by atoms with van der Waals surface area (Å²) in [5.41, 5.74) is 1.67. The Morgan fingerprint density at radius 1 is 1.36 bits per heavy atom. The number of nitrogens with zero attached hydrogens (tertiary/aromatic N) is 5. The number of rotatable bonds is 5. The number of aliphatic hydroxyl groups excluding tert-OH is 1. The van der Waals surface area contributed by atoms with Crippen molar-refractivity contribution in [2.45, 2.75) is 39.5 Å². The number of likely N-dealkylation sites (tertiary alicyclic amines) is 1. The van der Waals surface area contributed by atoms with Gasteiger partial charge in [0.1, 0.15) is 5.69 Å². The molecular formula is C17H25N5O3. The van der Waals surface area contributed by atoms with Crippen LogP contribution in [-0.4, -0.2) is 67.4 Å². The van der Waals surface area contributed by atoms with Crippen LogP contribution < -0.4 is 0 Å². The first-order valence-electron chi connectivity index (χ1n) is 8.53. The van der Waals surface area contributed by atoms with Gasteiger partial charge in [-0.15, -0.1) is 10.2 Å². The fourth-order valence-electron chi connectivity index (χ4n) is 3.32. The van der Waals surface area contributed by atoms with E-state index in [9.17, 15) is 9.90 Å². The zero-order valence-corrected chi connectivity index (χ0v) is 15.1. The summed E-state index contributed by atoms with van der Waals surface area (Å²) in [6.45, 7) is 7.71. The maximum Gasteiger partial charge on any atom is 0.270 e. The summed E-state index contributed by atoms with van der Waals surface area (Å²) in [5.74, 6) is 0.991. The lowest BCUT2D eigenvalue weighted by Crippen LogP contribution is -2.43. The number of hydrogen-bond acceptors (Lipinski definition) is 6. The Morgan fingerprint density at radius 3 is 2.68 bits per heavy atom. The lowest BCUT2D eigenvalue weighted by Gasteiger charge is -2.27. The van der Waals surface area contributed by atoms with E-state index in [-0.39, 0.29) is 11.9 Å². The Balaban J connectivity index is 1.71. The van der Waals surface area contributed by atoms with Gasteiger partial charge in [0.25, 0.3) is 5.91 Å². The number of β-amino-alcohol motifs (C(OH)–C–C–N with tert-alkyl or cyclic N) is 1. The molecule has 2 atom stereocenters. The largest absolute Gasteiger partial charge is 0.424 e. The molecule has 0 saturated carbocycles. The molecule has 2 aromatic heterocycles. The van der Waals surface area contributed by atoms with Crippen LogP contribution in [-0.2, 0) is 13.6 Å². The van der Waals surface area contributed by atoms with Crippen LogP contribution in [0.1, 0.15) is 34.9 Å². The summed E-state index contributed by atoms with van der Waals surface area (Å²) < 4.78 is 7.32. The number of amides is 1. The highest BCUT2D eigenvalue weighted by Gasteiger charge is 2.38. The highest BCUT2D eigenvalue weighted by molar-refractivity contribution is 5.93. The van der Waals surface area contributed by atoms with Crippen molar-refractivity contribution in [3.05, 3.63) is 35.3 Å². The van der Waals surface area contributed by atoms with E-state index in [0.717, 1.165) is 5.69 Å². The summed E-state index contributed by atoms with van der Waals surface area (Å²) in [4.78, 5) is 16.6. The zero-order valence-electron chi connectivity index (χ0n) is 15.1. The van der Waals surface area contributed by atoms with Gasteiger partial charge in [-0.05, 0) is 25.6 Å². The normalized spacial score (nSPS) is 20.6. The van der Waals surface area contributed by atoms with Crippen molar-refractivity contribution in [2.24, 2.45) is 7.05 Å². The van der Waals surface area contributed by atoms with Crippen LogP contribution in [0.3, 0.4) is 0 Å². The fraction of sp³-hybridized carbons (Fsp3) is 0.588. The van der Waals surface area contributed by atoms with Crippen LogP contribution >= 0.6 is 0 Å². The zero-order chi connectivity index (χ0) is 18.1. The molecule has 1 saturated heterocycles. The Bertz CT molecular complexity index is 753. The number of aliphatic hydroxyl groups is 1. The van der Waals surface area contributed by atoms with Crippen LogP contribution in [0.2, 0.25) is 0 Å². The molecule has 1 fully saturated rings. The Morgan fingerprint density at radius 2 is 2.12 bits per heavy atom. The van der Waals surface area contributed by atoms with Gasteiger partial charge < -0.3 is 19.0 Å². The van der Waals surface area contributed by atoms with Crippen LogP contribution in [0.25, 0.3) is 0 Å².